The highest BCUT2D eigenvalue weighted by molar-refractivity contribution is 6.07. The Balaban J connectivity index is 0.00000109. The number of nitrogens with zero attached hydrogens (tertiary/aromatic N) is 4. The number of anilines is 2. The first-order valence-corrected chi connectivity index (χ1v) is 12.7. The number of carbonyl (C=O) groups is 1. The fraction of sp³-hybridized carbons (Fsp3) is 0.393. The zero-order valence-electron chi connectivity index (χ0n) is 22.2. The van der Waals surface area contributed by atoms with Crippen molar-refractivity contribution in [2.45, 2.75) is 60.8 Å². The van der Waals surface area contributed by atoms with Gasteiger partial charge in [-0.1, -0.05) is 39.8 Å². The number of hydrogen-bond donors (Lipinski definition) is 1. The van der Waals surface area contributed by atoms with Crippen molar-refractivity contribution in [2.24, 2.45) is 0 Å². The van der Waals surface area contributed by atoms with Crippen molar-refractivity contribution in [2.75, 3.05) is 23.3 Å². The highest BCUT2D eigenvalue weighted by atomic mass is 16.6. The minimum absolute atomic E-state index is 0.0121. The smallest absolute Gasteiger partial charge is 0.282 e. The molecule has 3 aromatic rings. The summed E-state index contributed by atoms with van der Waals surface area (Å²) < 4.78 is 0. The van der Waals surface area contributed by atoms with Gasteiger partial charge < -0.3 is 10.2 Å². The Bertz CT molecular complexity index is 1160. The summed E-state index contributed by atoms with van der Waals surface area (Å²) >= 11 is 0. The second-order valence-corrected chi connectivity index (χ2v) is 8.05. The van der Waals surface area contributed by atoms with Gasteiger partial charge in [-0.2, -0.15) is 0 Å². The minimum Gasteiger partial charge on any atom is -0.372 e. The highest BCUT2D eigenvalue weighted by Crippen LogP contribution is 2.28. The van der Waals surface area contributed by atoms with Gasteiger partial charge in [0.15, 0.2) is 5.82 Å². The van der Waals surface area contributed by atoms with Gasteiger partial charge in [0, 0.05) is 30.4 Å². The van der Waals surface area contributed by atoms with Crippen LogP contribution in [0.4, 0.5) is 17.2 Å². The van der Waals surface area contributed by atoms with E-state index in [0.29, 0.717) is 5.69 Å². The lowest BCUT2D eigenvalue weighted by atomic mass is 10.0. The molecule has 1 amide bonds. The molecule has 8 nitrogen and oxygen atoms in total. The molecule has 0 radical (unpaired) electrons. The van der Waals surface area contributed by atoms with Gasteiger partial charge in [0.05, 0.1) is 23.0 Å². The van der Waals surface area contributed by atoms with Crippen molar-refractivity contribution >= 4 is 23.1 Å². The van der Waals surface area contributed by atoms with Gasteiger partial charge in [-0.15, -0.1) is 0 Å². The fourth-order valence-corrected chi connectivity index (χ4v) is 3.84. The zero-order chi connectivity index (χ0) is 26.7. The molecule has 0 bridgehead atoms. The molecule has 1 aliphatic rings. The van der Waals surface area contributed by atoms with Crippen LogP contribution in [0, 0.1) is 24.0 Å². The van der Waals surface area contributed by atoms with Crippen LogP contribution in [0.2, 0.25) is 0 Å². The van der Waals surface area contributed by atoms with Crippen LogP contribution in [0.15, 0.2) is 48.8 Å². The molecule has 1 aliphatic heterocycles. The van der Waals surface area contributed by atoms with Crippen molar-refractivity contribution in [3.8, 4) is 11.3 Å². The Kier molecular flexibility index (Phi) is 11.0. The molecule has 1 fully saturated rings. The highest BCUT2D eigenvalue weighted by Gasteiger charge is 2.23. The topological polar surface area (TPSA) is 101 Å². The van der Waals surface area contributed by atoms with E-state index in [4.69, 9.17) is 0 Å². The number of amides is 1. The number of piperidine rings is 1. The summed E-state index contributed by atoms with van der Waals surface area (Å²) in [5, 5.41) is 14.2. The molecule has 0 unspecified atom stereocenters. The first-order valence-electron chi connectivity index (χ1n) is 12.7. The molecule has 1 saturated heterocycles. The summed E-state index contributed by atoms with van der Waals surface area (Å²) in [6.07, 6.45) is 6.36. The lowest BCUT2D eigenvalue weighted by Crippen LogP contribution is -2.29. The standard InChI is InChI=1S/C24H25N5O3.2C2H6/c1-16-6-7-18(12-17(16)2)21-14-26-23(15-25-21)27-24(30)20-13-19(8-9-22(20)29(31)32)28-10-4-3-5-11-28;2*1-2/h6-9,12-15H,3-5,10-11H2,1-2H3,(H,26,27,30);2*1-2H3. The first-order chi connectivity index (χ1) is 17.4. The summed E-state index contributed by atoms with van der Waals surface area (Å²) in [4.78, 5) is 34.7. The molecule has 0 saturated carbocycles. The molecule has 0 atom stereocenters. The minimum atomic E-state index is -0.580. The van der Waals surface area contributed by atoms with E-state index < -0.39 is 10.8 Å². The molecule has 192 valence electrons. The largest absolute Gasteiger partial charge is 0.372 e. The van der Waals surface area contributed by atoms with Gasteiger partial charge >= 0.3 is 0 Å². The summed E-state index contributed by atoms with van der Waals surface area (Å²) in [7, 11) is 0. The Labute approximate surface area is 213 Å². The SMILES string of the molecule is CC.CC.Cc1ccc(-c2cnc(NC(=O)c3cc(N4CCCCC4)ccc3[N+](=O)[O-])cn2)cc1C. The number of benzene rings is 2. The van der Waals surface area contributed by atoms with E-state index in [2.05, 4.69) is 20.2 Å². The maximum absolute atomic E-state index is 12.9. The number of rotatable bonds is 5. The Hall–Kier alpha value is -3.81. The summed E-state index contributed by atoms with van der Waals surface area (Å²) in [5.74, 6) is -0.343. The van der Waals surface area contributed by atoms with Crippen LogP contribution in [0.25, 0.3) is 11.3 Å². The third-order valence-corrected chi connectivity index (χ3v) is 5.84. The first kappa shape index (κ1) is 28.4. The quantitative estimate of drug-likeness (QED) is 0.306. The van der Waals surface area contributed by atoms with E-state index in [1.165, 1.54) is 24.2 Å². The number of hydrogen-bond acceptors (Lipinski definition) is 6. The number of carbonyl (C=O) groups excluding carboxylic acids is 1. The van der Waals surface area contributed by atoms with Crippen LogP contribution >= 0.6 is 0 Å². The van der Waals surface area contributed by atoms with Crippen LogP contribution in [0.1, 0.15) is 68.4 Å². The van der Waals surface area contributed by atoms with E-state index >= 15 is 0 Å². The number of nitrogens with one attached hydrogen (secondary N) is 1. The van der Waals surface area contributed by atoms with Gasteiger partial charge in [-0.05, 0) is 62.4 Å². The van der Waals surface area contributed by atoms with Crippen LogP contribution < -0.4 is 10.2 Å². The third-order valence-electron chi connectivity index (χ3n) is 5.84. The Morgan fingerprint density at radius 3 is 2.19 bits per heavy atom. The monoisotopic (exact) mass is 491 g/mol. The molecular formula is C28H37N5O3. The number of aryl methyl sites for hydroxylation is 2. The number of nitro groups is 1. The van der Waals surface area contributed by atoms with Gasteiger partial charge in [0.25, 0.3) is 11.6 Å². The van der Waals surface area contributed by atoms with Gasteiger partial charge in [-0.25, -0.2) is 4.98 Å². The summed E-state index contributed by atoms with van der Waals surface area (Å²) in [5.41, 5.74) is 4.56. The van der Waals surface area contributed by atoms with E-state index in [9.17, 15) is 14.9 Å². The Morgan fingerprint density at radius 1 is 0.917 bits per heavy atom. The second kappa shape index (κ2) is 13.9. The van der Waals surface area contributed by atoms with Crippen LogP contribution in [-0.4, -0.2) is 33.9 Å². The lowest BCUT2D eigenvalue weighted by molar-refractivity contribution is -0.385. The van der Waals surface area contributed by atoms with Crippen LogP contribution in [0.3, 0.4) is 0 Å². The average Bonchev–Trinajstić information content (AvgIpc) is 2.93. The second-order valence-electron chi connectivity index (χ2n) is 8.05. The molecule has 4 rings (SSSR count). The van der Waals surface area contributed by atoms with Crippen molar-refractivity contribution in [1.82, 2.24) is 9.97 Å². The molecule has 1 aromatic heterocycles. The maximum atomic E-state index is 12.9. The van der Waals surface area contributed by atoms with Crippen molar-refractivity contribution in [1.29, 1.82) is 0 Å². The molecule has 2 heterocycles. The summed E-state index contributed by atoms with van der Waals surface area (Å²) in [6, 6.07) is 10.7. The fourth-order valence-electron chi connectivity index (χ4n) is 3.84. The van der Waals surface area contributed by atoms with Crippen LogP contribution in [0.5, 0.6) is 0 Å². The van der Waals surface area contributed by atoms with Gasteiger partial charge in [0.1, 0.15) is 5.56 Å². The van der Waals surface area contributed by atoms with E-state index in [0.717, 1.165) is 42.7 Å². The van der Waals surface area contributed by atoms with Gasteiger partial charge in [0.2, 0.25) is 0 Å². The van der Waals surface area contributed by atoms with Crippen LogP contribution in [-0.2, 0) is 0 Å². The molecule has 36 heavy (non-hydrogen) atoms. The third kappa shape index (κ3) is 7.10. The molecule has 0 aliphatic carbocycles. The molecule has 8 heteroatoms. The zero-order valence-corrected chi connectivity index (χ0v) is 22.2. The number of aromatic nitrogens is 2. The predicted octanol–water partition coefficient (Wildman–Crippen LogP) is 6.96. The van der Waals surface area contributed by atoms with Gasteiger partial charge in [-0.3, -0.25) is 19.9 Å². The Morgan fingerprint density at radius 2 is 1.61 bits per heavy atom. The van der Waals surface area contributed by atoms with Crippen molar-refractivity contribution in [3.05, 3.63) is 75.6 Å². The summed E-state index contributed by atoms with van der Waals surface area (Å²) in [6.45, 7) is 13.8. The predicted molar refractivity (Wildman–Crippen MR) is 147 cm³/mol. The molecular weight excluding hydrogens is 454 g/mol. The normalized spacial score (nSPS) is 12.4. The van der Waals surface area contributed by atoms with Crippen molar-refractivity contribution < 1.29 is 9.72 Å². The maximum Gasteiger partial charge on any atom is 0.282 e. The van der Waals surface area contributed by atoms with E-state index in [-0.39, 0.29) is 17.1 Å². The molecule has 2 aromatic carbocycles. The average molecular weight is 492 g/mol. The van der Waals surface area contributed by atoms with E-state index in [1.54, 1.807) is 18.3 Å². The van der Waals surface area contributed by atoms with Crippen molar-refractivity contribution in [3.63, 3.8) is 0 Å². The lowest BCUT2D eigenvalue weighted by Gasteiger charge is -2.29. The molecule has 1 N–H and O–H groups in total. The number of nitro benzene ring substituents is 1. The molecule has 0 spiro atoms. The van der Waals surface area contributed by atoms with E-state index in [1.807, 2.05) is 59.7 Å².